The van der Waals surface area contributed by atoms with E-state index < -0.39 is 6.10 Å². The first-order valence-electron chi connectivity index (χ1n) is 9.59. The van der Waals surface area contributed by atoms with Crippen molar-refractivity contribution in [3.8, 4) is 0 Å². The van der Waals surface area contributed by atoms with E-state index >= 15 is 0 Å². The fourth-order valence-electron chi connectivity index (χ4n) is 3.51. The summed E-state index contributed by atoms with van der Waals surface area (Å²) in [5.41, 5.74) is 3.23. The molecule has 3 heterocycles. The highest BCUT2D eigenvalue weighted by atomic mass is 16.4. The minimum Gasteiger partial charge on any atom is -0.435 e. The molecule has 1 aliphatic heterocycles. The number of hydrogen-bond acceptors (Lipinski definition) is 5. The van der Waals surface area contributed by atoms with Crippen molar-refractivity contribution < 1.29 is 14.3 Å². The molecule has 7 nitrogen and oxygen atoms in total. The number of rotatable bonds is 5. The summed E-state index contributed by atoms with van der Waals surface area (Å²) in [4.78, 5) is 18.9. The molecule has 0 saturated heterocycles. The molecule has 1 N–H and O–H groups in total. The van der Waals surface area contributed by atoms with Crippen molar-refractivity contribution in [2.75, 3.05) is 6.54 Å². The second-order valence-corrected chi connectivity index (χ2v) is 7.09. The number of carbonyl (C=O) groups excluding carboxylic acids is 1. The Morgan fingerprint density at radius 1 is 1.29 bits per heavy atom. The molecule has 1 aromatic carbocycles. The second-order valence-electron chi connectivity index (χ2n) is 7.09. The third-order valence-electron chi connectivity index (χ3n) is 5.05. The van der Waals surface area contributed by atoms with E-state index in [4.69, 9.17) is 4.42 Å². The third-order valence-corrected chi connectivity index (χ3v) is 5.05. The molecule has 4 rings (SSSR count). The van der Waals surface area contributed by atoms with Crippen LogP contribution in [0.5, 0.6) is 0 Å². The van der Waals surface area contributed by atoms with Gasteiger partial charge in [-0.05, 0) is 18.6 Å². The molecule has 1 amide bonds. The van der Waals surface area contributed by atoms with E-state index in [2.05, 4.69) is 10.1 Å². The zero-order valence-electron chi connectivity index (χ0n) is 16.1. The fraction of sp³-hybridized carbons (Fsp3) is 0.381. The standard InChI is InChI=1S/C21H24N4O3/c1-3-19-22-14(2)20(28-19)21(27)24-9-10-25-16(13-24)12-17(23-25)18(26)11-15-7-5-4-6-8-15/h4-8,12,18,26H,3,9-11,13H2,1-2H3. The maximum Gasteiger partial charge on any atom is 0.291 e. The molecule has 0 saturated carbocycles. The normalized spacial score (nSPS) is 14.8. The quantitative estimate of drug-likeness (QED) is 0.736. The number of oxazole rings is 1. The number of hydrogen-bond donors (Lipinski definition) is 1. The van der Waals surface area contributed by atoms with Crippen molar-refractivity contribution in [1.29, 1.82) is 0 Å². The Labute approximate surface area is 163 Å². The number of aliphatic hydroxyl groups is 1. The van der Waals surface area contributed by atoms with Gasteiger partial charge < -0.3 is 14.4 Å². The zero-order valence-corrected chi connectivity index (χ0v) is 16.1. The number of nitrogens with zero attached hydrogens (tertiary/aromatic N) is 4. The highest BCUT2D eigenvalue weighted by Crippen LogP contribution is 2.23. The number of aliphatic hydroxyl groups excluding tert-OH is 1. The predicted molar refractivity (Wildman–Crippen MR) is 103 cm³/mol. The lowest BCUT2D eigenvalue weighted by Crippen LogP contribution is -2.38. The molecule has 0 fully saturated rings. The molecular weight excluding hydrogens is 356 g/mol. The molecule has 0 aliphatic carbocycles. The molecule has 28 heavy (non-hydrogen) atoms. The van der Waals surface area contributed by atoms with Gasteiger partial charge in [-0.3, -0.25) is 9.48 Å². The molecule has 2 aromatic heterocycles. The van der Waals surface area contributed by atoms with Crippen LogP contribution in [-0.4, -0.2) is 37.2 Å². The van der Waals surface area contributed by atoms with Crippen LogP contribution in [0.2, 0.25) is 0 Å². The lowest BCUT2D eigenvalue weighted by molar-refractivity contribution is 0.0670. The average molecular weight is 380 g/mol. The number of aryl methyl sites for hydroxylation is 2. The minimum absolute atomic E-state index is 0.150. The van der Waals surface area contributed by atoms with Gasteiger partial charge in [-0.1, -0.05) is 37.3 Å². The van der Waals surface area contributed by atoms with Gasteiger partial charge in [0.15, 0.2) is 5.89 Å². The first-order chi connectivity index (χ1) is 13.5. The van der Waals surface area contributed by atoms with E-state index in [0.717, 1.165) is 11.3 Å². The van der Waals surface area contributed by atoms with Crippen LogP contribution in [0.15, 0.2) is 40.8 Å². The van der Waals surface area contributed by atoms with Crippen molar-refractivity contribution in [2.45, 2.75) is 45.9 Å². The molecule has 0 radical (unpaired) electrons. The summed E-state index contributed by atoms with van der Waals surface area (Å²) in [6.07, 6.45) is 0.494. The van der Waals surface area contributed by atoms with Gasteiger partial charge in [-0.2, -0.15) is 5.10 Å². The lowest BCUT2D eigenvalue weighted by Gasteiger charge is -2.26. The van der Waals surface area contributed by atoms with Gasteiger partial charge in [0.1, 0.15) is 6.10 Å². The summed E-state index contributed by atoms with van der Waals surface area (Å²) in [5, 5.41) is 15.1. The van der Waals surface area contributed by atoms with E-state index in [1.54, 1.807) is 11.8 Å². The molecule has 1 unspecified atom stereocenters. The maximum atomic E-state index is 12.9. The molecule has 0 spiro atoms. The minimum atomic E-state index is -0.673. The van der Waals surface area contributed by atoms with E-state index in [-0.39, 0.29) is 5.91 Å². The van der Waals surface area contributed by atoms with Crippen molar-refractivity contribution >= 4 is 5.91 Å². The molecule has 0 bridgehead atoms. The summed E-state index contributed by atoms with van der Waals surface area (Å²) in [6.45, 7) is 5.31. The lowest BCUT2D eigenvalue weighted by atomic mass is 10.1. The first kappa shape index (κ1) is 18.4. The Hall–Kier alpha value is -2.93. The van der Waals surface area contributed by atoms with E-state index in [0.29, 0.717) is 55.5 Å². The number of fused-ring (bicyclic) bond motifs is 1. The number of carbonyl (C=O) groups is 1. The van der Waals surface area contributed by atoms with Gasteiger partial charge in [0.05, 0.1) is 30.2 Å². The van der Waals surface area contributed by atoms with Gasteiger partial charge in [0.25, 0.3) is 5.91 Å². The van der Waals surface area contributed by atoms with Crippen molar-refractivity contribution in [1.82, 2.24) is 19.7 Å². The van der Waals surface area contributed by atoms with Crippen LogP contribution in [0.4, 0.5) is 0 Å². The summed E-state index contributed by atoms with van der Waals surface area (Å²) < 4.78 is 7.48. The van der Waals surface area contributed by atoms with E-state index in [1.165, 1.54) is 0 Å². The Balaban J connectivity index is 1.48. The number of amides is 1. The topological polar surface area (TPSA) is 84.4 Å². The first-order valence-corrected chi connectivity index (χ1v) is 9.59. The molecular formula is C21H24N4O3. The third kappa shape index (κ3) is 3.57. The Morgan fingerprint density at radius 2 is 2.07 bits per heavy atom. The van der Waals surface area contributed by atoms with E-state index in [9.17, 15) is 9.90 Å². The van der Waals surface area contributed by atoms with Crippen LogP contribution in [0, 0.1) is 6.92 Å². The zero-order chi connectivity index (χ0) is 19.7. The molecule has 7 heteroatoms. The van der Waals surface area contributed by atoms with Gasteiger partial charge in [-0.25, -0.2) is 4.98 Å². The van der Waals surface area contributed by atoms with Crippen LogP contribution in [-0.2, 0) is 25.9 Å². The van der Waals surface area contributed by atoms with E-state index in [1.807, 2.05) is 48.0 Å². The number of aromatic nitrogens is 3. The SMILES string of the molecule is CCc1nc(C)c(C(=O)N2CCn3nc(C(O)Cc4ccccc4)cc3C2)o1. The molecule has 1 aliphatic rings. The van der Waals surface area contributed by atoms with Gasteiger partial charge in [0, 0.05) is 19.4 Å². The van der Waals surface area contributed by atoms with Crippen molar-refractivity contribution in [3.05, 3.63) is 70.7 Å². The summed E-state index contributed by atoms with van der Waals surface area (Å²) >= 11 is 0. The highest BCUT2D eigenvalue weighted by molar-refractivity contribution is 5.92. The summed E-state index contributed by atoms with van der Waals surface area (Å²) in [7, 11) is 0. The van der Waals surface area contributed by atoms with Crippen molar-refractivity contribution in [2.24, 2.45) is 0 Å². The highest BCUT2D eigenvalue weighted by Gasteiger charge is 2.28. The second kappa shape index (κ2) is 7.59. The molecule has 1 atom stereocenters. The summed E-state index contributed by atoms with van der Waals surface area (Å²) in [5.74, 6) is 0.743. The largest absolute Gasteiger partial charge is 0.435 e. The monoisotopic (exact) mass is 380 g/mol. The Morgan fingerprint density at radius 3 is 2.79 bits per heavy atom. The maximum absolute atomic E-state index is 12.9. The Kier molecular flexibility index (Phi) is 5.00. The van der Waals surface area contributed by atoms with Crippen molar-refractivity contribution in [3.63, 3.8) is 0 Å². The van der Waals surface area contributed by atoms with Gasteiger partial charge >= 0.3 is 0 Å². The smallest absolute Gasteiger partial charge is 0.291 e. The number of benzene rings is 1. The van der Waals surface area contributed by atoms with Gasteiger partial charge in [-0.15, -0.1) is 0 Å². The average Bonchev–Trinajstić information content (AvgIpc) is 3.31. The van der Waals surface area contributed by atoms with Crippen LogP contribution in [0.3, 0.4) is 0 Å². The van der Waals surface area contributed by atoms with Crippen LogP contribution < -0.4 is 0 Å². The van der Waals surface area contributed by atoms with Crippen LogP contribution in [0.1, 0.15) is 52.1 Å². The predicted octanol–water partition coefficient (Wildman–Crippen LogP) is 2.67. The fourth-order valence-corrected chi connectivity index (χ4v) is 3.51. The van der Waals surface area contributed by atoms with Crippen LogP contribution >= 0.6 is 0 Å². The van der Waals surface area contributed by atoms with Crippen LogP contribution in [0.25, 0.3) is 0 Å². The Bertz CT molecular complexity index is 977. The van der Waals surface area contributed by atoms with Gasteiger partial charge in [0.2, 0.25) is 5.76 Å². The molecule has 3 aromatic rings. The molecule has 146 valence electrons. The summed E-state index contributed by atoms with van der Waals surface area (Å²) in [6, 6.07) is 11.7.